The van der Waals surface area contributed by atoms with Crippen LogP contribution < -0.4 is 10.2 Å². The number of benzene rings is 2. The summed E-state index contributed by atoms with van der Waals surface area (Å²) in [6.07, 6.45) is -16.6. The van der Waals surface area contributed by atoms with Crippen molar-refractivity contribution >= 4 is 50.7 Å². The van der Waals surface area contributed by atoms with E-state index < -0.39 is 80.4 Å². The van der Waals surface area contributed by atoms with Crippen molar-refractivity contribution in [2.45, 2.75) is 37.0 Å². The van der Waals surface area contributed by atoms with Crippen molar-refractivity contribution in [3.63, 3.8) is 0 Å². The van der Waals surface area contributed by atoms with Gasteiger partial charge in [0.25, 0.3) is 11.8 Å². The average Bonchev–Trinajstić information content (AvgIpc) is 3.75. The Labute approximate surface area is 259 Å². The van der Waals surface area contributed by atoms with Gasteiger partial charge in [-0.2, -0.15) is 39.5 Å². The molecule has 1 aliphatic rings. The second-order valence-corrected chi connectivity index (χ2v) is 11.0. The number of hydrogen-bond acceptors (Lipinski definition) is 3. The highest BCUT2D eigenvalue weighted by Crippen LogP contribution is 2.55. The van der Waals surface area contributed by atoms with E-state index in [9.17, 15) is 53.5 Å². The minimum Gasteiger partial charge on any atom is -0.320 e. The highest BCUT2D eigenvalue weighted by Gasteiger charge is 2.73. The van der Waals surface area contributed by atoms with Crippen molar-refractivity contribution in [3.8, 4) is 0 Å². The van der Waals surface area contributed by atoms with Gasteiger partial charge in [0.2, 0.25) is 0 Å². The van der Waals surface area contributed by atoms with E-state index in [1.165, 1.54) is 18.3 Å². The molecule has 1 N–H and O–H groups in total. The smallest absolute Gasteiger partial charge is 0.320 e. The van der Waals surface area contributed by atoms with Crippen LogP contribution in [0.2, 0.25) is 5.15 Å². The van der Waals surface area contributed by atoms with Crippen molar-refractivity contribution in [1.82, 2.24) is 4.98 Å². The van der Waals surface area contributed by atoms with Gasteiger partial charge in [0.1, 0.15) is 5.15 Å². The van der Waals surface area contributed by atoms with Gasteiger partial charge in [-0.05, 0) is 71.1 Å². The third-order valence-electron chi connectivity index (χ3n) is 6.70. The first-order valence-electron chi connectivity index (χ1n) is 12.4. The summed E-state index contributed by atoms with van der Waals surface area (Å²) in [6.45, 7) is -0.0410. The molecular formula is C27H16BrClF11N3O2. The van der Waals surface area contributed by atoms with Crippen LogP contribution in [0.3, 0.4) is 0 Å². The van der Waals surface area contributed by atoms with Crippen LogP contribution in [-0.2, 0) is 11.8 Å². The van der Waals surface area contributed by atoms with Crippen LogP contribution in [0.1, 0.15) is 44.7 Å². The van der Waals surface area contributed by atoms with E-state index in [0.717, 1.165) is 23.1 Å². The van der Waals surface area contributed by atoms with Crippen molar-refractivity contribution in [1.29, 1.82) is 0 Å². The molecule has 18 heteroatoms. The highest BCUT2D eigenvalue weighted by atomic mass is 79.9. The molecule has 0 atom stereocenters. The first-order valence-corrected chi connectivity index (χ1v) is 13.6. The Kier molecular flexibility index (Phi) is 9.20. The Hall–Kier alpha value is -3.47. The zero-order chi connectivity index (χ0) is 33.7. The minimum absolute atomic E-state index is 0.0410. The molecule has 1 saturated carbocycles. The number of alkyl halides is 10. The Balaban J connectivity index is 1.78. The lowest BCUT2D eigenvalue weighted by Gasteiger charge is -2.31. The number of amides is 2. The minimum atomic E-state index is -6.73. The molecule has 2 amide bonds. The molecule has 0 saturated heterocycles. The zero-order valence-electron chi connectivity index (χ0n) is 21.9. The summed E-state index contributed by atoms with van der Waals surface area (Å²) in [5.74, 6) is -3.91. The molecule has 0 aliphatic heterocycles. The first kappa shape index (κ1) is 34.4. The molecule has 45 heavy (non-hydrogen) atoms. The SMILES string of the molecule is O=C(Nc1c(Br)cc(C(F)(C(F)(F)F)C(F)(F)F)cc1C(F)(F)F)c1cccc(N(CC2CC2)C(=O)c2cccnc2Cl)c1F. The van der Waals surface area contributed by atoms with Crippen LogP contribution in [-0.4, -0.2) is 35.7 Å². The molecule has 0 unspecified atom stereocenters. The van der Waals surface area contributed by atoms with Crippen LogP contribution in [0.5, 0.6) is 0 Å². The summed E-state index contributed by atoms with van der Waals surface area (Å²) >= 11 is 8.39. The Morgan fingerprint density at radius 2 is 1.53 bits per heavy atom. The molecule has 3 aromatic rings. The molecule has 1 heterocycles. The second-order valence-electron chi connectivity index (χ2n) is 9.83. The van der Waals surface area contributed by atoms with Crippen LogP contribution >= 0.6 is 27.5 Å². The van der Waals surface area contributed by atoms with Crippen LogP contribution in [0.25, 0.3) is 0 Å². The summed E-state index contributed by atoms with van der Waals surface area (Å²) in [5.41, 5.74) is -14.0. The maximum Gasteiger partial charge on any atom is 0.435 e. The number of hydrogen-bond donors (Lipinski definition) is 1. The molecular weight excluding hydrogens is 723 g/mol. The fourth-order valence-electron chi connectivity index (χ4n) is 4.27. The van der Waals surface area contributed by atoms with Gasteiger partial charge in [-0.3, -0.25) is 9.59 Å². The predicted octanol–water partition coefficient (Wildman–Crippen LogP) is 9.25. The first-order chi connectivity index (χ1) is 20.7. The number of nitrogens with zero attached hydrogens (tertiary/aromatic N) is 2. The summed E-state index contributed by atoms with van der Waals surface area (Å²) in [5, 5.41) is 1.40. The number of aromatic nitrogens is 1. The molecule has 1 aromatic heterocycles. The Morgan fingerprint density at radius 3 is 2.07 bits per heavy atom. The maximum atomic E-state index is 15.8. The quantitative estimate of drug-likeness (QED) is 0.194. The van der Waals surface area contributed by atoms with Gasteiger partial charge in [0, 0.05) is 22.8 Å². The predicted molar refractivity (Wildman–Crippen MR) is 142 cm³/mol. The fourth-order valence-corrected chi connectivity index (χ4v) is 5.03. The van der Waals surface area contributed by atoms with Gasteiger partial charge in [0.15, 0.2) is 5.82 Å². The zero-order valence-corrected chi connectivity index (χ0v) is 24.3. The number of pyridine rings is 1. The lowest BCUT2D eigenvalue weighted by molar-refractivity contribution is -0.348. The van der Waals surface area contributed by atoms with Crippen LogP contribution in [0, 0.1) is 11.7 Å². The van der Waals surface area contributed by atoms with Crippen molar-refractivity contribution in [2.75, 3.05) is 16.8 Å². The molecule has 4 rings (SSSR count). The Bertz CT molecular complexity index is 1630. The number of nitrogens with one attached hydrogen (secondary N) is 1. The topological polar surface area (TPSA) is 62.3 Å². The molecule has 0 spiro atoms. The standard InChI is InChI=1S/C27H16BrClF11N3O2/c28-17-10-13(24(31,26(35,36)37)27(38,39)40)9-16(25(32,33)34)20(17)42-22(44)14-3-1-5-18(19(14)30)43(11-12-6-7-12)23(45)15-4-2-8-41-21(15)29/h1-5,8-10,12H,6-7,11H2,(H,42,44). The van der Waals surface area contributed by atoms with Gasteiger partial charge < -0.3 is 10.2 Å². The normalized spacial score (nSPS) is 14.3. The van der Waals surface area contributed by atoms with E-state index in [1.54, 1.807) is 5.32 Å². The molecule has 1 aliphatic carbocycles. The number of carbonyl (C=O) groups is 2. The monoisotopic (exact) mass is 737 g/mol. The third kappa shape index (κ3) is 6.73. The largest absolute Gasteiger partial charge is 0.435 e. The lowest BCUT2D eigenvalue weighted by atomic mass is 9.92. The summed E-state index contributed by atoms with van der Waals surface area (Å²) in [6, 6.07) is 4.69. The number of halogens is 13. The van der Waals surface area contributed by atoms with E-state index in [0.29, 0.717) is 12.8 Å². The number of rotatable bonds is 7. The van der Waals surface area contributed by atoms with Gasteiger partial charge in [-0.1, -0.05) is 17.7 Å². The summed E-state index contributed by atoms with van der Waals surface area (Å²) in [4.78, 5) is 31.1. The van der Waals surface area contributed by atoms with Gasteiger partial charge in [0.05, 0.1) is 28.1 Å². The molecule has 5 nitrogen and oxygen atoms in total. The molecule has 1 fully saturated rings. The Morgan fingerprint density at radius 1 is 0.933 bits per heavy atom. The van der Waals surface area contributed by atoms with E-state index in [4.69, 9.17) is 11.6 Å². The fraction of sp³-hybridized carbons (Fsp3) is 0.296. The highest BCUT2D eigenvalue weighted by molar-refractivity contribution is 9.10. The average molecular weight is 739 g/mol. The van der Waals surface area contributed by atoms with Crippen LogP contribution in [0.15, 0.2) is 53.1 Å². The lowest BCUT2D eigenvalue weighted by Crippen LogP contribution is -2.50. The second kappa shape index (κ2) is 12.0. The van der Waals surface area contributed by atoms with E-state index in [2.05, 4.69) is 20.9 Å². The maximum absolute atomic E-state index is 15.8. The van der Waals surface area contributed by atoms with Crippen molar-refractivity contribution in [2.24, 2.45) is 5.92 Å². The summed E-state index contributed by atoms with van der Waals surface area (Å²) in [7, 11) is 0. The van der Waals surface area contributed by atoms with Crippen molar-refractivity contribution < 1.29 is 57.9 Å². The molecule has 0 bridgehead atoms. The molecule has 242 valence electrons. The number of anilines is 2. The van der Waals surface area contributed by atoms with E-state index >= 15 is 4.39 Å². The van der Waals surface area contributed by atoms with Gasteiger partial charge in [-0.25, -0.2) is 13.8 Å². The van der Waals surface area contributed by atoms with Gasteiger partial charge >= 0.3 is 24.2 Å². The van der Waals surface area contributed by atoms with E-state index in [1.807, 2.05) is 0 Å². The number of carbonyl (C=O) groups excluding carboxylic acids is 2. The third-order valence-corrected chi connectivity index (χ3v) is 7.63. The molecule has 0 radical (unpaired) electrons. The van der Waals surface area contributed by atoms with Crippen molar-refractivity contribution in [3.05, 3.63) is 86.4 Å². The van der Waals surface area contributed by atoms with Crippen LogP contribution in [0.4, 0.5) is 59.7 Å². The van der Waals surface area contributed by atoms with Gasteiger partial charge in [-0.15, -0.1) is 0 Å². The summed E-state index contributed by atoms with van der Waals surface area (Å²) < 4.78 is 150. The van der Waals surface area contributed by atoms with E-state index in [-0.39, 0.29) is 29.2 Å². The molecule has 2 aromatic carbocycles.